The van der Waals surface area contributed by atoms with Crippen LogP contribution in [0.3, 0.4) is 0 Å². The van der Waals surface area contributed by atoms with E-state index >= 15 is 0 Å². The van der Waals surface area contributed by atoms with Crippen LogP contribution in [0.15, 0.2) is 12.1 Å². The van der Waals surface area contributed by atoms with Crippen LogP contribution in [0.1, 0.15) is 34.0 Å². The van der Waals surface area contributed by atoms with Crippen LogP contribution >= 0.6 is 22.9 Å². The van der Waals surface area contributed by atoms with Gasteiger partial charge < -0.3 is 5.73 Å². The second kappa shape index (κ2) is 5.43. The molecule has 1 atom stereocenters. The molecule has 0 amide bonds. The molecule has 18 heavy (non-hydrogen) atoms. The topological polar surface area (TPSA) is 43.8 Å². The van der Waals surface area contributed by atoms with Gasteiger partial charge in [0.1, 0.15) is 5.15 Å². The van der Waals surface area contributed by atoms with Crippen LogP contribution < -0.4 is 5.73 Å². The lowest BCUT2D eigenvalue weighted by molar-refractivity contribution is 0.732. The molecular formula is C13H18ClN3S. The van der Waals surface area contributed by atoms with E-state index in [1.165, 1.54) is 9.75 Å². The molecule has 0 saturated carbocycles. The number of thiophene rings is 1. The molecule has 2 aromatic rings. The molecule has 2 heterocycles. The van der Waals surface area contributed by atoms with Gasteiger partial charge in [-0.2, -0.15) is 5.10 Å². The number of hydrogen-bond donors (Lipinski definition) is 1. The molecule has 3 nitrogen and oxygen atoms in total. The average Bonchev–Trinajstić information content (AvgIpc) is 2.90. The summed E-state index contributed by atoms with van der Waals surface area (Å²) < 4.78 is 1.70. The van der Waals surface area contributed by atoms with Crippen molar-refractivity contribution in [1.29, 1.82) is 0 Å². The molecule has 2 rings (SSSR count). The zero-order chi connectivity index (χ0) is 13.3. The van der Waals surface area contributed by atoms with E-state index < -0.39 is 0 Å². The van der Waals surface area contributed by atoms with Gasteiger partial charge >= 0.3 is 0 Å². The Labute approximate surface area is 117 Å². The highest BCUT2D eigenvalue weighted by atomic mass is 35.5. The summed E-state index contributed by atoms with van der Waals surface area (Å²) in [4.78, 5) is 2.58. The predicted molar refractivity (Wildman–Crippen MR) is 77.3 cm³/mol. The van der Waals surface area contributed by atoms with Crippen LogP contribution in [0.2, 0.25) is 5.15 Å². The fraction of sp³-hybridized carbons (Fsp3) is 0.462. The summed E-state index contributed by atoms with van der Waals surface area (Å²) in [6, 6.07) is 4.27. The molecule has 1 unspecified atom stereocenters. The van der Waals surface area contributed by atoms with Gasteiger partial charge in [0.15, 0.2) is 0 Å². The SMILES string of the molecule is CCc1ccc(C(N)Cc2c(C)nn(C)c2Cl)s1. The third kappa shape index (κ3) is 2.60. The molecule has 0 bridgehead atoms. The van der Waals surface area contributed by atoms with Crippen molar-refractivity contribution in [1.82, 2.24) is 9.78 Å². The fourth-order valence-electron chi connectivity index (χ4n) is 2.01. The first-order chi connectivity index (χ1) is 8.52. The van der Waals surface area contributed by atoms with E-state index in [-0.39, 0.29) is 6.04 Å². The Morgan fingerprint density at radius 2 is 2.22 bits per heavy atom. The summed E-state index contributed by atoms with van der Waals surface area (Å²) in [5.41, 5.74) is 8.27. The number of halogens is 1. The van der Waals surface area contributed by atoms with Crippen LogP contribution in [0, 0.1) is 6.92 Å². The summed E-state index contributed by atoms with van der Waals surface area (Å²) >= 11 is 8.01. The Morgan fingerprint density at radius 1 is 1.50 bits per heavy atom. The minimum atomic E-state index is -0.00398. The Kier molecular flexibility index (Phi) is 4.10. The first-order valence-corrected chi connectivity index (χ1v) is 7.24. The monoisotopic (exact) mass is 283 g/mol. The second-order valence-electron chi connectivity index (χ2n) is 4.45. The Hall–Kier alpha value is -0.840. The lowest BCUT2D eigenvalue weighted by Gasteiger charge is -2.09. The zero-order valence-corrected chi connectivity index (χ0v) is 12.5. The molecule has 0 aliphatic heterocycles. The van der Waals surface area contributed by atoms with Crippen molar-refractivity contribution in [2.45, 2.75) is 32.7 Å². The normalized spacial score (nSPS) is 12.9. The summed E-state index contributed by atoms with van der Waals surface area (Å²) in [7, 11) is 1.85. The van der Waals surface area contributed by atoms with Crippen molar-refractivity contribution in [2.75, 3.05) is 0 Å². The summed E-state index contributed by atoms with van der Waals surface area (Å²) in [6.07, 6.45) is 1.80. The van der Waals surface area contributed by atoms with Gasteiger partial charge in [-0.25, -0.2) is 0 Å². The van der Waals surface area contributed by atoms with Crippen molar-refractivity contribution in [3.05, 3.63) is 38.3 Å². The Balaban J connectivity index is 2.18. The molecule has 0 radical (unpaired) electrons. The van der Waals surface area contributed by atoms with Crippen LogP contribution in [0.5, 0.6) is 0 Å². The van der Waals surface area contributed by atoms with E-state index in [1.807, 2.05) is 14.0 Å². The molecular weight excluding hydrogens is 266 g/mol. The van der Waals surface area contributed by atoms with Gasteiger partial charge in [0.2, 0.25) is 0 Å². The van der Waals surface area contributed by atoms with Crippen molar-refractivity contribution in [2.24, 2.45) is 12.8 Å². The minimum absolute atomic E-state index is 0.00398. The van der Waals surface area contributed by atoms with E-state index in [2.05, 4.69) is 24.2 Å². The van der Waals surface area contributed by atoms with E-state index in [0.717, 1.165) is 24.1 Å². The first kappa shape index (κ1) is 13.6. The third-order valence-electron chi connectivity index (χ3n) is 3.09. The van der Waals surface area contributed by atoms with Crippen LogP contribution in [-0.4, -0.2) is 9.78 Å². The van der Waals surface area contributed by atoms with E-state index in [1.54, 1.807) is 16.0 Å². The number of aryl methyl sites for hydroxylation is 3. The molecule has 2 aromatic heterocycles. The number of nitrogens with zero attached hydrogens (tertiary/aromatic N) is 2. The molecule has 0 aromatic carbocycles. The molecule has 0 fully saturated rings. The molecule has 0 aliphatic carbocycles. The lowest BCUT2D eigenvalue weighted by atomic mass is 10.1. The van der Waals surface area contributed by atoms with Gasteiger partial charge in [-0.3, -0.25) is 4.68 Å². The van der Waals surface area contributed by atoms with Crippen LogP contribution in [-0.2, 0) is 19.9 Å². The molecule has 0 spiro atoms. The molecule has 2 N–H and O–H groups in total. The predicted octanol–water partition coefficient (Wildman–Crippen LogP) is 3.25. The van der Waals surface area contributed by atoms with Gasteiger partial charge in [-0.15, -0.1) is 11.3 Å². The van der Waals surface area contributed by atoms with Crippen LogP contribution in [0.25, 0.3) is 0 Å². The summed E-state index contributed by atoms with van der Waals surface area (Å²) in [5.74, 6) is 0. The largest absolute Gasteiger partial charge is 0.323 e. The number of aromatic nitrogens is 2. The van der Waals surface area contributed by atoms with E-state index in [9.17, 15) is 0 Å². The molecule has 0 saturated heterocycles. The number of hydrogen-bond acceptors (Lipinski definition) is 3. The smallest absolute Gasteiger partial charge is 0.130 e. The quantitative estimate of drug-likeness (QED) is 0.936. The number of rotatable bonds is 4. The van der Waals surface area contributed by atoms with Crippen molar-refractivity contribution < 1.29 is 0 Å². The van der Waals surface area contributed by atoms with Crippen molar-refractivity contribution in [3.8, 4) is 0 Å². The highest BCUT2D eigenvalue weighted by Crippen LogP contribution is 2.28. The van der Waals surface area contributed by atoms with Crippen molar-refractivity contribution in [3.63, 3.8) is 0 Å². The maximum atomic E-state index is 6.26. The molecule has 98 valence electrons. The maximum absolute atomic E-state index is 6.26. The van der Waals surface area contributed by atoms with Gasteiger partial charge in [0.05, 0.1) is 5.69 Å². The van der Waals surface area contributed by atoms with E-state index in [0.29, 0.717) is 5.15 Å². The minimum Gasteiger partial charge on any atom is -0.323 e. The first-order valence-electron chi connectivity index (χ1n) is 6.05. The molecule has 5 heteroatoms. The average molecular weight is 284 g/mol. The zero-order valence-electron chi connectivity index (χ0n) is 10.9. The summed E-state index contributed by atoms with van der Waals surface area (Å²) in [5, 5.41) is 5.00. The van der Waals surface area contributed by atoms with Crippen molar-refractivity contribution >= 4 is 22.9 Å². The second-order valence-corrected chi connectivity index (χ2v) is 6.00. The fourth-order valence-corrected chi connectivity index (χ4v) is 3.22. The Bertz CT molecular complexity index is 544. The summed E-state index contributed by atoms with van der Waals surface area (Å²) in [6.45, 7) is 4.13. The van der Waals surface area contributed by atoms with E-state index in [4.69, 9.17) is 17.3 Å². The lowest BCUT2D eigenvalue weighted by Crippen LogP contribution is -2.12. The third-order valence-corrected chi connectivity index (χ3v) is 4.92. The van der Waals surface area contributed by atoms with Gasteiger partial charge in [0.25, 0.3) is 0 Å². The van der Waals surface area contributed by atoms with Gasteiger partial charge in [0, 0.05) is 28.4 Å². The Morgan fingerprint density at radius 3 is 2.72 bits per heavy atom. The van der Waals surface area contributed by atoms with Gasteiger partial charge in [-0.05, 0) is 31.9 Å². The highest BCUT2D eigenvalue weighted by Gasteiger charge is 2.17. The highest BCUT2D eigenvalue weighted by molar-refractivity contribution is 7.12. The standard InChI is InChI=1S/C13H18ClN3S/c1-4-9-5-6-12(18-9)11(15)7-10-8(2)16-17(3)13(10)14/h5-6,11H,4,7,15H2,1-3H3. The molecule has 0 aliphatic rings. The van der Waals surface area contributed by atoms with Crippen LogP contribution in [0.4, 0.5) is 0 Å². The van der Waals surface area contributed by atoms with Gasteiger partial charge in [-0.1, -0.05) is 18.5 Å². The maximum Gasteiger partial charge on any atom is 0.130 e. The number of nitrogens with two attached hydrogens (primary N) is 1.